The summed E-state index contributed by atoms with van der Waals surface area (Å²) in [6.07, 6.45) is 31.1. The Kier molecular flexibility index (Phi) is 16.5. The lowest BCUT2D eigenvalue weighted by Crippen LogP contribution is -1.80. The minimum absolute atomic E-state index is 1.20. The van der Waals surface area contributed by atoms with E-state index in [2.05, 4.69) is 38.2 Å². The number of hydrogen-bond donors (Lipinski definition) is 0. The van der Waals surface area contributed by atoms with Crippen LogP contribution in [0.1, 0.15) is 58.3 Å². The standard InChI is InChI=1S/C20H31/c1-3-5-7-9-11-13-15-17-19-20-18-16-14-12-10-8-6-4-2/h3,5,7-9,11,13,15,17,19H,1,4,6,10,12,14,16,18,20H2,2H3/b7-5+,11-9+,15-13+,19-17+. The smallest absolute Gasteiger partial charge is 0.0348 e. The van der Waals surface area contributed by atoms with Crippen LogP contribution in [0.25, 0.3) is 0 Å². The van der Waals surface area contributed by atoms with Gasteiger partial charge in [-0.2, -0.15) is 0 Å². The van der Waals surface area contributed by atoms with Gasteiger partial charge in [0.15, 0.2) is 0 Å². The molecule has 0 rings (SSSR count). The summed E-state index contributed by atoms with van der Waals surface area (Å²) in [7, 11) is 0. The Labute approximate surface area is 126 Å². The highest BCUT2D eigenvalue weighted by Gasteiger charge is 1.90. The topological polar surface area (TPSA) is 0 Å². The lowest BCUT2D eigenvalue weighted by Gasteiger charge is -1.99. The lowest BCUT2D eigenvalue weighted by molar-refractivity contribution is 0.632. The van der Waals surface area contributed by atoms with E-state index in [-0.39, 0.29) is 0 Å². The molecule has 0 bridgehead atoms. The van der Waals surface area contributed by atoms with Crippen LogP contribution in [-0.2, 0) is 0 Å². The van der Waals surface area contributed by atoms with E-state index in [4.69, 9.17) is 0 Å². The molecule has 0 nitrogen and oxygen atoms in total. The van der Waals surface area contributed by atoms with E-state index >= 15 is 0 Å². The fraction of sp³-hybridized carbons (Fsp3) is 0.450. The summed E-state index contributed by atoms with van der Waals surface area (Å²) in [5.74, 6) is 0. The molecule has 0 amide bonds. The molecule has 0 aromatic heterocycles. The van der Waals surface area contributed by atoms with Crippen LogP contribution in [0.4, 0.5) is 0 Å². The molecule has 0 atom stereocenters. The van der Waals surface area contributed by atoms with E-state index in [0.29, 0.717) is 0 Å². The normalized spacial score (nSPS) is 12.4. The van der Waals surface area contributed by atoms with Crippen LogP contribution in [0.5, 0.6) is 0 Å². The Morgan fingerprint density at radius 1 is 0.650 bits per heavy atom. The molecule has 0 saturated carbocycles. The van der Waals surface area contributed by atoms with Gasteiger partial charge in [-0.15, -0.1) is 0 Å². The van der Waals surface area contributed by atoms with E-state index in [1.807, 2.05) is 30.4 Å². The molecule has 1 radical (unpaired) electrons. The molecular formula is C20H31. The summed E-state index contributed by atoms with van der Waals surface area (Å²) >= 11 is 0. The minimum atomic E-state index is 1.20. The molecule has 0 heterocycles. The van der Waals surface area contributed by atoms with Gasteiger partial charge in [-0.1, -0.05) is 107 Å². The number of hydrogen-bond acceptors (Lipinski definition) is 0. The van der Waals surface area contributed by atoms with Gasteiger partial charge in [0.25, 0.3) is 0 Å². The zero-order chi connectivity index (χ0) is 14.7. The van der Waals surface area contributed by atoms with Crippen LogP contribution in [0.2, 0.25) is 0 Å². The van der Waals surface area contributed by atoms with E-state index in [0.717, 1.165) is 0 Å². The summed E-state index contributed by atoms with van der Waals surface area (Å²) in [6, 6.07) is 0. The molecule has 0 saturated heterocycles. The molecule has 20 heavy (non-hydrogen) atoms. The Hall–Kier alpha value is -1.30. The van der Waals surface area contributed by atoms with Crippen LogP contribution in [0, 0.1) is 6.42 Å². The highest BCUT2D eigenvalue weighted by atomic mass is 14.0. The molecule has 0 N–H and O–H groups in total. The molecule has 0 aliphatic heterocycles. The Balaban J connectivity index is 3.31. The second kappa shape index (κ2) is 17.7. The first kappa shape index (κ1) is 18.7. The Bertz CT molecular complexity index is 302. The quantitative estimate of drug-likeness (QED) is 0.257. The van der Waals surface area contributed by atoms with Gasteiger partial charge < -0.3 is 0 Å². The average Bonchev–Trinajstić information content (AvgIpc) is 2.47. The Morgan fingerprint density at radius 3 is 1.90 bits per heavy atom. The van der Waals surface area contributed by atoms with Crippen molar-refractivity contribution < 1.29 is 0 Å². The molecule has 0 unspecified atom stereocenters. The Morgan fingerprint density at radius 2 is 1.25 bits per heavy atom. The van der Waals surface area contributed by atoms with E-state index in [1.165, 1.54) is 51.4 Å². The highest BCUT2D eigenvalue weighted by molar-refractivity contribution is 5.17. The van der Waals surface area contributed by atoms with E-state index in [9.17, 15) is 0 Å². The maximum absolute atomic E-state index is 3.62. The summed E-state index contributed by atoms with van der Waals surface area (Å²) in [5.41, 5.74) is 0. The third-order valence-electron chi connectivity index (χ3n) is 2.96. The van der Waals surface area contributed by atoms with Gasteiger partial charge in [0, 0.05) is 0 Å². The molecular weight excluding hydrogens is 240 g/mol. The zero-order valence-corrected chi connectivity index (χ0v) is 13.1. The van der Waals surface area contributed by atoms with Crippen molar-refractivity contribution in [2.75, 3.05) is 0 Å². The van der Waals surface area contributed by atoms with Crippen LogP contribution < -0.4 is 0 Å². The molecule has 0 aromatic rings. The van der Waals surface area contributed by atoms with Crippen LogP contribution in [0.3, 0.4) is 0 Å². The predicted octanol–water partition coefficient (Wildman–Crippen LogP) is 6.74. The van der Waals surface area contributed by atoms with Crippen molar-refractivity contribution in [3.05, 3.63) is 67.7 Å². The van der Waals surface area contributed by atoms with Gasteiger partial charge in [-0.05, 0) is 19.3 Å². The SMILES string of the molecule is C=C/C=C/C=C/C=C/C=C/CCCCCC[CH]CCC. The first-order valence-corrected chi connectivity index (χ1v) is 8.01. The first-order valence-electron chi connectivity index (χ1n) is 8.01. The third-order valence-corrected chi connectivity index (χ3v) is 2.96. The minimum Gasteiger partial charge on any atom is -0.0991 e. The fourth-order valence-corrected chi connectivity index (χ4v) is 1.83. The molecule has 111 valence electrons. The first-order chi connectivity index (χ1) is 9.91. The molecule has 0 heteroatoms. The zero-order valence-electron chi connectivity index (χ0n) is 13.1. The molecule has 0 aliphatic carbocycles. The van der Waals surface area contributed by atoms with Crippen molar-refractivity contribution in [3.63, 3.8) is 0 Å². The van der Waals surface area contributed by atoms with Gasteiger partial charge in [0.1, 0.15) is 0 Å². The van der Waals surface area contributed by atoms with E-state index in [1.54, 1.807) is 6.08 Å². The highest BCUT2D eigenvalue weighted by Crippen LogP contribution is 2.08. The van der Waals surface area contributed by atoms with Crippen LogP contribution >= 0.6 is 0 Å². The monoisotopic (exact) mass is 271 g/mol. The molecule has 0 fully saturated rings. The van der Waals surface area contributed by atoms with Crippen LogP contribution in [-0.4, -0.2) is 0 Å². The summed E-state index contributed by atoms with van der Waals surface area (Å²) < 4.78 is 0. The van der Waals surface area contributed by atoms with Gasteiger partial charge in [0.05, 0.1) is 0 Å². The largest absolute Gasteiger partial charge is 0.0991 e. The maximum atomic E-state index is 3.62. The number of rotatable bonds is 13. The van der Waals surface area contributed by atoms with Crippen molar-refractivity contribution in [1.82, 2.24) is 0 Å². The van der Waals surface area contributed by atoms with Crippen molar-refractivity contribution in [1.29, 1.82) is 0 Å². The summed E-state index contributed by atoms with van der Waals surface area (Å²) in [5, 5.41) is 0. The number of allylic oxidation sites excluding steroid dienone is 9. The summed E-state index contributed by atoms with van der Waals surface area (Å²) in [6.45, 7) is 5.86. The van der Waals surface area contributed by atoms with E-state index < -0.39 is 0 Å². The third kappa shape index (κ3) is 16.7. The fourth-order valence-electron chi connectivity index (χ4n) is 1.83. The second-order valence-electron chi connectivity index (χ2n) is 4.89. The predicted molar refractivity (Wildman–Crippen MR) is 93.7 cm³/mol. The molecule has 0 aliphatic rings. The van der Waals surface area contributed by atoms with Crippen molar-refractivity contribution in [3.8, 4) is 0 Å². The van der Waals surface area contributed by atoms with Gasteiger partial charge in [-0.3, -0.25) is 0 Å². The van der Waals surface area contributed by atoms with Gasteiger partial charge in [0.2, 0.25) is 0 Å². The van der Waals surface area contributed by atoms with Crippen LogP contribution in [0.15, 0.2) is 61.3 Å². The molecule has 0 spiro atoms. The molecule has 0 aromatic carbocycles. The van der Waals surface area contributed by atoms with Gasteiger partial charge in [-0.25, -0.2) is 0 Å². The lowest BCUT2D eigenvalue weighted by atomic mass is 10.1. The van der Waals surface area contributed by atoms with Crippen molar-refractivity contribution >= 4 is 0 Å². The van der Waals surface area contributed by atoms with Crippen molar-refractivity contribution in [2.24, 2.45) is 0 Å². The second-order valence-corrected chi connectivity index (χ2v) is 4.89. The summed E-state index contributed by atoms with van der Waals surface area (Å²) in [4.78, 5) is 0. The van der Waals surface area contributed by atoms with Crippen molar-refractivity contribution in [2.45, 2.75) is 58.3 Å². The average molecular weight is 271 g/mol. The van der Waals surface area contributed by atoms with Gasteiger partial charge >= 0.3 is 0 Å². The maximum Gasteiger partial charge on any atom is -0.0348 e. The number of unbranched alkanes of at least 4 members (excludes halogenated alkanes) is 8.